The quantitative estimate of drug-likeness (QED) is 0.718. The summed E-state index contributed by atoms with van der Waals surface area (Å²) >= 11 is 0. The van der Waals surface area contributed by atoms with Gasteiger partial charge in [-0.05, 0) is 25.1 Å². The molecule has 6 nitrogen and oxygen atoms in total. The predicted octanol–water partition coefficient (Wildman–Crippen LogP) is 0.901. The number of nitrogens with zero attached hydrogens (tertiary/aromatic N) is 1. The summed E-state index contributed by atoms with van der Waals surface area (Å²) in [6.45, 7) is 1.66. The van der Waals surface area contributed by atoms with Crippen LogP contribution in [0.3, 0.4) is 0 Å². The maximum atomic E-state index is 11.8. The van der Waals surface area contributed by atoms with Gasteiger partial charge in [0.15, 0.2) is 11.6 Å². The number of carbonyl (C=O) groups is 1. The molecule has 0 spiro atoms. The van der Waals surface area contributed by atoms with Crippen LogP contribution < -0.4 is 10.6 Å². The van der Waals surface area contributed by atoms with Crippen molar-refractivity contribution in [2.24, 2.45) is 0 Å². The Balaban J connectivity index is 1.81. The van der Waals surface area contributed by atoms with Crippen LogP contribution in [0.1, 0.15) is 21.8 Å². The van der Waals surface area contributed by atoms with E-state index < -0.39 is 0 Å². The van der Waals surface area contributed by atoms with Crippen LogP contribution in [0.2, 0.25) is 0 Å². The van der Waals surface area contributed by atoms with Crippen LogP contribution in [0.5, 0.6) is 0 Å². The Morgan fingerprint density at radius 2 is 2.47 bits per heavy atom. The van der Waals surface area contributed by atoms with E-state index in [0.717, 1.165) is 30.8 Å². The highest BCUT2D eigenvalue weighted by Gasteiger charge is 2.19. The summed E-state index contributed by atoms with van der Waals surface area (Å²) in [4.78, 5) is 11.8. The molecule has 6 heteroatoms. The highest BCUT2D eigenvalue weighted by atomic mass is 16.3. The van der Waals surface area contributed by atoms with Crippen LogP contribution in [0.15, 0.2) is 22.8 Å². The minimum atomic E-state index is -0.275. The molecule has 0 saturated carbocycles. The number of carbonyl (C=O) groups excluding carboxylic acids is 1. The molecule has 0 aromatic carbocycles. The summed E-state index contributed by atoms with van der Waals surface area (Å²) in [7, 11) is 0. The van der Waals surface area contributed by atoms with Crippen molar-refractivity contribution in [2.45, 2.75) is 13.0 Å². The Hall–Kier alpha value is -2.08. The first kappa shape index (κ1) is 10.1. The van der Waals surface area contributed by atoms with Gasteiger partial charge in [-0.25, -0.2) is 0 Å². The third kappa shape index (κ3) is 1.83. The van der Waals surface area contributed by atoms with E-state index in [1.165, 1.54) is 6.26 Å². The first-order valence-electron chi connectivity index (χ1n) is 5.46. The van der Waals surface area contributed by atoms with Crippen molar-refractivity contribution in [3.05, 3.63) is 35.4 Å². The van der Waals surface area contributed by atoms with E-state index in [-0.39, 0.29) is 11.7 Å². The fraction of sp³-hybridized carbons (Fsp3) is 0.273. The molecule has 88 valence electrons. The number of hydrogen-bond donors (Lipinski definition) is 3. The van der Waals surface area contributed by atoms with Gasteiger partial charge in [0.1, 0.15) is 0 Å². The van der Waals surface area contributed by atoms with Crippen molar-refractivity contribution in [1.29, 1.82) is 0 Å². The molecule has 3 N–H and O–H groups in total. The van der Waals surface area contributed by atoms with Gasteiger partial charge in [0.2, 0.25) is 0 Å². The van der Waals surface area contributed by atoms with Gasteiger partial charge in [0, 0.05) is 12.1 Å². The maximum absolute atomic E-state index is 11.8. The molecule has 0 radical (unpaired) electrons. The lowest BCUT2D eigenvalue weighted by atomic mass is 10.1. The fourth-order valence-corrected chi connectivity index (χ4v) is 1.92. The number of anilines is 1. The Bertz CT molecular complexity index is 530. The second kappa shape index (κ2) is 4.06. The van der Waals surface area contributed by atoms with Crippen molar-refractivity contribution in [1.82, 2.24) is 15.5 Å². The molecule has 0 aliphatic carbocycles. The van der Waals surface area contributed by atoms with Crippen LogP contribution >= 0.6 is 0 Å². The van der Waals surface area contributed by atoms with Crippen molar-refractivity contribution in [2.75, 3.05) is 11.9 Å². The van der Waals surface area contributed by atoms with Crippen molar-refractivity contribution in [3.63, 3.8) is 0 Å². The van der Waals surface area contributed by atoms with E-state index in [0.29, 0.717) is 5.82 Å². The molecule has 3 rings (SSSR count). The van der Waals surface area contributed by atoms with Crippen molar-refractivity contribution < 1.29 is 9.21 Å². The molecule has 1 amide bonds. The van der Waals surface area contributed by atoms with Gasteiger partial charge in [-0.1, -0.05) is 0 Å². The molecular formula is C11H12N4O2. The Morgan fingerprint density at radius 1 is 1.53 bits per heavy atom. The third-order valence-corrected chi connectivity index (χ3v) is 2.78. The summed E-state index contributed by atoms with van der Waals surface area (Å²) in [6, 6.07) is 3.30. The molecule has 2 aromatic rings. The number of nitrogens with one attached hydrogen (secondary N) is 3. The number of hydrogen-bond acceptors (Lipinski definition) is 4. The normalized spacial score (nSPS) is 14.4. The van der Waals surface area contributed by atoms with E-state index >= 15 is 0 Å². The molecule has 0 fully saturated rings. The van der Waals surface area contributed by atoms with E-state index in [2.05, 4.69) is 20.8 Å². The van der Waals surface area contributed by atoms with E-state index in [9.17, 15) is 4.79 Å². The molecule has 1 aliphatic rings. The van der Waals surface area contributed by atoms with Gasteiger partial charge >= 0.3 is 0 Å². The van der Waals surface area contributed by atoms with E-state index in [4.69, 9.17) is 4.42 Å². The minimum absolute atomic E-state index is 0.275. The Kier molecular flexibility index (Phi) is 2.41. The highest BCUT2D eigenvalue weighted by molar-refractivity contribution is 6.02. The number of H-pyrrole nitrogens is 1. The van der Waals surface area contributed by atoms with E-state index in [1.54, 1.807) is 12.1 Å². The molecule has 17 heavy (non-hydrogen) atoms. The standard InChI is InChI=1S/C11H12N4O2/c16-11(9-2-1-5-17-9)13-10-7-3-4-12-6-8(7)14-15-10/h1-2,5,12H,3-4,6H2,(H2,13,14,15,16). The van der Waals surface area contributed by atoms with Crippen molar-refractivity contribution in [3.8, 4) is 0 Å². The molecule has 0 unspecified atom stereocenters. The van der Waals surface area contributed by atoms with Crippen LogP contribution in [0.25, 0.3) is 0 Å². The maximum Gasteiger partial charge on any atom is 0.292 e. The molecular weight excluding hydrogens is 220 g/mol. The molecule has 0 saturated heterocycles. The predicted molar refractivity (Wildman–Crippen MR) is 60.7 cm³/mol. The summed E-state index contributed by atoms with van der Waals surface area (Å²) < 4.78 is 5.03. The second-order valence-electron chi connectivity index (χ2n) is 3.89. The number of fused-ring (bicyclic) bond motifs is 1. The zero-order chi connectivity index (χ0) is 11.7. The van der Waals surface area contributed by atoms with Gasteiger partial charge in [-0.15, -0.1) is 0 Å². The van der Waals surface area contributed by atoms with E-state index in [1.807, 2.05) is 0 Å². The number of aromatic amines is 1. The number of amides is 1. The molecule has 3 heterocycles. The Labute approximate surface area is 97.4 Å². The first-order chi connectivity index (χ1) is 8.34. The lowest BCUT2D eigenvalue weighted by Gasteiger charge is -2.12. The molecule has 2 aromatic heterocycles. The number of aromatic nitrogens is 2. The number of rotatable bonds is 2. The topological polar surface area (TPSA) is 83.0 Å². The van der Waals surface area contributed by atoms with Crippen LogP contribution in [-0.4, -0.2) is 22.6 Å². The summed E-state index contributed by atoms with van der Waals surface area (Å²) in [5, 5.41) is 13.0. The average molecular weight is 232 g/mol. The summed E-state index contributed by atoms with van der Waals surface area (Å²) in [6.07, 6.45) is 2.33. The molecule has 1 aliphatic heterocycles. The first-order valence-corrected chi connectivity index (χ1v) is 5.46. The smallest absolute Gasteiger partial charge is 0.292 e. The average Bonchev–Trinajstić information content (AvgIpc) is 2.98. The van der Waals surface area contributed by atoms with Crippen LogP contribution in [-0.2, 0) is 13.0 Å². The lowest BCUT2D eigenvalue weighted by molar-refractivity contribution is 0.0996. The summed E-state index contributed by atoms with van der Waals surface area (Å²) in [5.74, 6) is 0.612. The van der Waals surface area contributed by atoms with Gasteiger partial charge in [-0.3, -0.25) is 9.89 Å². The van der Waals surface area contributed by atoms with Gasteiger partial charge < -0.3 is 15.1 Å². The van der Waals surface area contributed by atoms with Gasteiger partial charge in [0.25, 0.3) is 5.91 Å². The Morgan fingerprint density at radius 3 is 3.29 bits per heavy atom. The van der Waals surface area contributed by atoms with Crippen LogP contribution in [0.4, 0.5) is 5.82 Å². The molecule has 0 atom stereocenters. The molecule has 0 bridgehead atoms. The monoisotopic (exact) mass is 232 g/mol. The van der Waals surface area contributed by atoms with Gasteiger partial charge in [0.05, 0.1) is 12.0 Å². The number of furan rings is 1. The second-order valence-corrected chi connectivity index (χ2v) is 3.89. The zero-order valence-electron chi connectivity index (χ0n) is 9.12. The minimum Gasteiger partial charge on any atom is -0.459 e. The third-order valence-electron chi connectivity index (χ3n) is 2.78. The zero-order valence-corrected chi connectivity index (χ0v) is 9.12. The van der Waals surface area contributed by atoms with Crippen LogP contribution in [0, 0.1) is 0 Å². The fourth-order valence-electron chi connectivity index (χ4n) is 1.92. The highest BCUT2D eigenvalue weighted by Crippen LogP contribution is 2.20. The van der Waals surface area contributed by atoms with Gasteiger partial charge in [-0.2, -0.15) is 5.10 Å². The van der Waals surface area contributed by atoms with Crippen molar-refractivity contribution >= 4 is 11.7 Å². The SMILES string of the molecule is O=C(Nc1n[nH]c2c1CCNC2)c1ccco1. The largest absolute Gasteiger partial charge is 0.459 e. The lowest BCUT2D eigenvalue weighted by Crippen LogP contribution is -2.24. The summed E-state index contributed by atoms with van der Waals surface area (Å²) in [5.41, 5.74) is 2.11.